The zero-order valence-corrected chi connectivity index (χ0v) is 25.2. The van der Waals surface area contributed by atoms with Gasteiger partial charge in [-0.15, -0.1) is 5.10 Å². The van der Waals surface area contributed by atoms with Crippen LogP contribution in [-0.4, -0.2) is 42.9 Å². The van der Waals surface area contributed by atoms with Crippen LogP contribution in [0.5, 0.6) is 0 Å². The number of amides is 1. The van der Waals surface area contributed by atoms with E-state index in [4.69, 9.17) is 32.6 Å². The van der Waals surface area contributed by atoms with Gasteiger partial charge in [0.25, 0.3) is 0 Å². The lowest BCUT2D eigenvalue weighted by Crippen LogP contribution is -2.26. The lowest BCUT2D eigenvalue weighted by molar-refractivity contribution is -0.119. The molecule has 0 spiro atoms. The number of rotatable bonds is 4. The highest BCUT2D eigenvalue weighted by Crippen LogP contribution is 2.38. The molecule has 2 bridgehead atoms. The second kappa shape index (κ2) is 12.1. The third-order valence-corrected chi connectivity index (χ3v) is 8.41. The van der Waals surface area contributed by atoms with Gasteiger partial charge in [0.2, 0.25) is 5.91 Å². The minimum Gasteiger partial charge on any atom is -0.464 e. The van der Waals surface area contributed by atoms with Crippen LogP contribution in [0.4, 0.5) is 14.5 Å². The normalized spacial score (nSPS) is 20.7. The molecule has 0 saturated carbocycles. The fraction of sp³-hybridized carbons (Fsp3) is 0.333. The van der Waals surface area contributed by atoms with Gasteiger partial charge in [0, 0.05) is 52.2 Å². The lowest BCUT2D eigenvalue weighted by atomic mass is 9.83. The van der Waals surface area contributed by atoms with Crippen LogP contribution >= 0.6 is 23.2 Å². The molecule has 4 aromatic rings. The number of carbonyl (C=O) groups is 1. The molecular weight excluding hydrogens is 615 g/mol. The first-order valence-corrected chi connectivity index (χ1v) is 14.8. The van der Waals surface area contributed by atoms with Gasteiger partial charge in [-0.25, -0.2) is 9.36 Å². The van der Waals surface area contributed by atoms with Crippen molar-refractivity contribution in [2.24, 2.45) is 16.8 Å². The Balaban J connectivity index is 1.44. The average molecular weight is 642 g/mol. The van der Waals surface area contributed by atoms with E-state index in [0.29, 0.717) is 63.6 Å². The molecule has 1 N–H and O–H groups in total. The predicted molar refractivity (Wildman–Crippen MR) is 163 cm³/mol. The average Bonchev–Trinajstić information content (AvgIpc) is 3.61. The molecule has 1 unspecified atom stereocenters. The molecule has 1 aromatic carbocycles. The van der Waals surface area contributed by atoms with E-state index in [9.17, 15) is 18.4 Å². The van der Waals surface area contributed by atoms with E-state index in [1.807, 2.05) is 6.92 Å². The summed E-state index contributed by atoms with van der Waals surface area (Å²) in [5.41, 5.74) is 2.59. The Morgan fingerprint density at radius 1 is 1.11 bits per heavy atom. The highest BCUT2D eigenvalue weighted by Gasteiger charge is 2.31. The molecule has 228 valence electrons. The smallest absolute Gasteiger partial charge is 0.333 e. The Hall–Kier alpha value is -4.16. The molecular formula is C30H27Cl2F2N7O3. The van der Waals surface area contributed by atoms with Gasteiger partial charge in [-0.3, -0.25) is 14.6 Å². The summed E-state index contributed by atoms with van der Waals surface area (Å²) >= 11 is 12.3. The maximum absolute atomic E-state index is 14.1. The molecule has 10 nitrogen and oxygen atoms in total. The van der Waals surface area contributed by atoms with E-state index in [1.54, 1.807) is 31.2 Å². The van der Waals surface area contributed by atoms with Crippen LogP contribution in [0.3, 0.4) is 0 Å². The van der Waals surface area contributed by atoms with E-state index in [1.165, 1.54) is 29.4 Å². The molecule has 2 aliphatic rings. The summed E-state index contributed by atoms with van der Waals surface area (Å²) < 4.78 is 36.3. The fourth-order valence-electron chi connectivity index (χ4n) is 5.65. The Bertz CT molecular complexity index is 1860. The molecule has 0 saturated heterocycles. The van der Waals surface area contributed by atoms with Gasteiger partial charge in [0.1, 0.15) is 5.76 Å². The summed E-state index contributed by atoms with van der Waals surface area (Å²) in [6.45, 7) is 1.04. The third kappa shape index (κ3) is 5.71. The SMILES string of the molecule is CC1CN=C2C=C1c1c(cnn1C(F)F)NC(=O)[C@H](C)CCC[C@@H]2c1coc(-c2cc(Cl)ccc2-n2cc(Cl)nn2)cc1=O. The molecule has 0 fully saturated rings. The van der Waals surface area contributed by atoms with Crippen molar-refractivity contribution in [2.45, 2.75) is 45.6 Å². The number of carbonyl (C=O) groups excluding carboxylic acids is 1. The van der Waals surface area contributed by atoms with Gasteiger partial charge in [-0.05, 0) is 42.7 Å². The van der Waals surface area contributed by atoms with Gasteiger partial charge in [-0.2, -0.15) is 13.9 Å². The first kappa shape index (κ1) is 29.9. The van der Waals surface area contributed by atoms with Crippen LogP contribution in [-0.2, 0) is 4.79 Å². The highest BCUT2D eigenvalue weighted by atomic mass is 35.5. The Labute approximate surface area is 260 Å². The summed E-state index contributed by atoms with van der Waals surface area (Å²) in [7, 11) is 0. The second-order valence-corrected chi connectivity index (χ2v) is 11.8. The van der Waals surface area contributed by atoms with Crippen LogP contribution in [0.2, 0.25) is 10.2 Å². The predicted octanol–water partition coefficient (Wildman–Crippen LogP) is 6.80. The summed E-state index contributed by atoms with van der Waals surface area (Å²) in [6.07, 6.45) is 7.52. The number of halogens is 4. The molecule has 3 atom stereocenters. The first-order valence-electron chi connectivity index (χ1n) is 14.0. The molecule has 0 radical (unpaired) electrons. The standard InChI is InChI=1S/C30H27Cl2F2N7O3/c1-15-4-3-5-18(22-9-19(16(2)11-35-22)28-23(37-29(15)43)12-36-41(28)30(33)34)21-14-44-26(10-25(21)42)20-8-17(31)6-7-24(20)40-13-27(32)38-39-40/h6-10,12-16,18,30H,3-5,11H2,1-2H3,(H,37,43)/t15-,16?,18-/m1/s1. The Morgan fingerprint density at radius 2 is 1.93 bits per heavy atom. The summed E-state index contributed by atoms with van der Waals surface area (Å²) in [5, 5.41) is 15.1. The maximum atomic E-state index is 14.1. The van der Waals surface area contributed by atoms with Crippen molar-refractivity contribution in [3.8, 4) is 17.0 Å². The maximum Gasteiger partial charge on any atom is 0.333 e. The first-order chi connectivity index (χ1) is 21.1. The summed E-state index contributed by atoms with van der Waals surface area (Å²) in [4.78, 5) is 31.5. The van der Waals surface area contributed by atoms with Crippen molar-refractivity contribution in [1.82, 2.24) is 24.8 Å². The lowest BCUT2D eigenvalue weighted by Gasteiger charge is -2.27. The van der Waals surface area contributed by atoms with Crippen LogP contribution < -0.4 is 10.7 Å². The van der Waals surface area contributed by atoms with Gasteiger partial charge >= 0.3 is 6.55 Å². The van der Waals surface area contributed by atoms with Gasteiger partial charge < -0.3 is 9.73 Å². The fourth-order valence-corrected chi connectivity index (χ4v) is 5.95. The van der Waals surface area contributed by atoms with E-state index < -0.39 is 18.4 Å². The van der Waals surface area contributed by atoms with E-state index >= 15 is 0 Å². The number of hydrogen-bond acceptors (Lipinski definition) is 7. The highest BCUT2D eigenvalue weighted by molar-refractivity contribution is 6.31. The van der Waals surface area contributed by atoms with Gasteiger partial charge in [0.15, 0.2) is 10.6 Å². The van der Waals surface area contributed by atoms with Crippen LogP contribution in [0.25, 0.3) is 22.6 Å². The van der Waals surface area contributed by atoms with Crippen molar-refractivity contribution >= 4 is 46.1 Å². The largest absolute Gasteiger partial charge is 0.464 e. The number of alkyl halides is 2. The molecule has 3 aromatic heterocycles. The van der Waals surface area contributed by atoms with Crippen molar-refractivity contribution in [3.63, 3.8) is 0 Å². The van der Waals surface area contributed by atoms with Crippen molar-refractivity contribution < 1.29 is 18.0 Å². The zero-order chi connectivity index (χ0) is 31.1. The zero-order valence-electron chi connectivity index (χ0n) is 23.7. The number of nitrogens with zero attached hydrogens (tertiary/aromatic N) is 6. The number of dihydropyridines is 1. The number of allylic oxidation sites excluding steroid dienone is 1. The van der Waals surface area contributed by atoms with Crippen LogP contribution in [0.1, 0.15) is 56.8 Å². The van der Waals surface area contributed by atoms with E-state index in [2.05, 4.69) is 20.7 Å². The number of nitrogens with one attached hydrogen (secondary N) is 1. The van der Waals surface area contributed by atoms with Crippen molar-refractivity contribution in [2.75, 3.05) is 11.9 Å². The monoisotopic (exact) mass is 641 g/mol. The van der Waals surface area contributed by atoms with E-state index in [-0.39, 0.29) is 39.5 Å². The minimum atomic E-state index is -2.92. The van der Waals surface area contributed by atoms with Crippen molar-refractivity contribution in [3.05, 3.63) is 80.7 Å². The van der Waals surface area contributed by atoms with Crippen LogP contribution in [0, 0.1) is 11.8 Å². The van der Waals surface area contributed by atoms with E-state index in [0.717, 1.165) is 0 Å². The molecule has 14 heteroatoms. The number of aromatic nitrogens is 5. The molecule has 6 rings (SSSR count). The third-order valence-electron chi connectivity index (χ3n) is 8.00. The number of aliphatic imine (C=N–C) groups is 1. The quantitative estimate of drug-likeness (QED) is 0.262. The minimum absolute atomic E-state index is 0.129. The number of hydrogen-bond donors (Lipinski definition) is 1. The molecule has 0 aliphatic carbocycles. The number of benzene rings is 1. The Kier molecular flexibility index (Phi) is 8.21. The molecule has 44 heavy (non-hydrogen) atoms. The second-order valence-electron chi connectivity index (χ2n) is 11.0. The number of fused-ring (bicyclic) bond motifs is 3. The topological polar surface area (TPSA) is 120 Å². The molecule has 2 aliphatic heterocycles. The van der Waals surface area contributed by atoms with Crippen LogP contribution in [0.15, 0.2) is 63.2 Å². The summed E-state index contributed by atoms with van der Waals surface area (Å²) in [5.74, 6) is -1.18. The van der Waals surface area contributed by atoms with Crippen molar-refractivity contribution in [1.29, 1.82) is 0 Å². The van der Waals surface area contributed by atoms with Gasteiger partial charge in [0.05, 0.1) is 35.7 Å². The molecule has 1 amide bonds. The molecule has 5 heterocycles. The van der Waals surface area contributed by atoms with Gasteiger partial charge in [-0.1, -0.05) is 48.7 Å². The summed E-state index contributed by atoms with van der Waals surface area (Å²) in [6, 6.07) is 6.42. The number of anilines is 1. The Morgan fingerprint density at radius 3 is 2.66 bits per heavy atom.